The number of β-amino-alcohol motifs (C(OH)–C–C–N with tert-alkyl or cyclic N) is 1. The molecular formula is C20H29N3O4S. The fourth-order valence-electron chi connectivity index (χ4n) is 4.71. The van der Waals surface area contributed by atoms with E-state index in [1.165, 1.54) is 0 Å². The zero-order chi connectivity index (χ0) is 19.7. The van der Waals surface area contributed by atoms with Crippen LogP contribution in [0.1, 0.15) is 38.5 Å². The number of hydrogen-bond acceptors (Lipinski definition) is 5. The highest BCUT2D eigenvalue weighted by molar-refractivity contribution is 7.92. The summed E-state index contributed by atoms with van der Waals surface area (Å²) in [7, 11) is -3.36. The average Bonchev–Trinajstić information content (AvgIpc) is 3.43. The lowest BCUT2D eigenvalue weighted by Gasteiger charge is -2.25. The summed E-state index contributed by atoms with van der Waals surface area (Å²) in [6.07, 6.45) is 5.06. The third-order valence-corrected chi connectivity index (χ3v) is 8.57. The topological polar surface area (TPSA) is 90.0 Å². The summed E-state index contributed by atoms with van der Waals surface area (Å²) < 4.78 is 25.6. The number of sulfone groups is 1. The number of anilines is 1. The lowest BCUT2D eigenvalue weighted by molar-refractivity contribution is 0.0980. The fourth-order valence-corrected chi connectivity index (χ4v) is 6.61. The first-order valence-electron chi connectivity index (χ1n) is 10.3. The molecule has 1 aromatic rings. The molecule has 2 atom stereocenters. The van der Waals surface area contributed by atoms with E-state index in [2.05, 4.69) is 10.2 Å². The second-order valence-electron chi connectivity index (χ2n) is 8.19. The average molecular weight is 408 g/mol. The van der Waals surface area contributed by atoms with Gasteiger partial charge in [0.05, 0.1) is 28.8 Å². The minimum Gasteiger partial charge on any atom is -0.390 e. The summed E-state index contributed by atoms with van der Waals surface area (Å²) >= 11 is 0. The van der Waals surface area contributed by atoms with Crippen molar-refractivity contribution in [3.05, 3.63) is 24.3 Å². The van der Waals surface area contributed by atoms with Crippen molar-refractivity contribution >= 4 is 21.6 Å². The molecule has 2 aliphatic heterocycles. The first-order chi connectivity index (χ1) is 13.4. The number of hydrogen-bond donors (Lipinski definition) is 2. The Bertz CT molecular complexity index is 816. The Hall–Kier alpha value is -1.64. The molecule has 0 unspecified atom stereocenters. The Morgan fingerprint density at radius 2 is 1.79 bits per heavy atom. The van der Waals surface area contributed by atoms with Gasteiger partial charge in [-0.2, -0.15) is 0 Å². The molecule has 1 aliphatic carbocycles. The van der Waals surface area contributed by atoms with E-state index in [0.717, 1.165) is 38.8 Å². The predicted molar refractivity (Wildman–Crippen MR) is 107 cm³/mol. The number of amides is 2. The van der Waals surface area contributed by atoms with E-state index in [4.69, 9.17) is 0 Å². The van der Waals surface area contributed by atoms with E-state index >= 15 is 0 Å². The van der Waals surface area contributed by atoms with Crippen LogP contribution in [0, 0.1) is 0 Å². The quantitative estimate of drug-likeness (QED) is 0.798. The SMILES string of the molecule is O=C(Nc1cccc(S(=O)(=O)C2CCCC2)c1)N1C[C@@H](O)[C@@H](N2CCCC2)C1. The molecule has 2 amide bonds. The van der Waals surface area contributed by atoms with Gasteiger partial charge in [0.1, 0.15) is 0 Å². The lowest BCUT2D eigenvalue weighted by atomic mass is 10.2. The molecule has 2 N–H and O–H groups in total. The van der Waals surface area contributed by atoms with Gasteiger partial charge >= 0.3 is 6.03 Å². The van der Waals surface area contributed by atoms with Crippen LogP contribution in [0.3, 0.4) is 0 Å². The van der Waals surface area contributed by atoms with E-state index < -0.39 is 15.9 Å². The second-order valence-corrected chi connectivity index (χ2v) is 10.4. The van der Waals surface area contributed by atoms with E-state index in [0.29, 0.717) is 31.6 Å². The number of carbonyl (C=O) groups is 1. The highest BCUT2D eigenvalue weighted by atomic mass is 32.2. The zero-order valence-corrected chi connectivity index (χ0v) is 16.9. The molecule has 1 aromatic carbocycles. The summed E-state index contributed by atoms with van der Waals surface area (Å²) in [5.41, 5.74) is 0.475. The van der Waals surface area contributed by atoms with E-state index in [1.54, 1.807) is 29.2 Å². The fraction of sp³-hybridized carbons (Fsp3) is 0.650. The summed E-state index contributed by atoms with van der Waals surface area (Å²) in [5.74, 6) is 0. The van der Waals surface area contributed by atoms with Gasteiger partial charge in [-0.05, 0) is 57.0 Å². The van der Waals surface area contributed by atoms with Gasteiger partial charge in [-0.1, -0.05) is 18.9 Å². The van der Waals surface area contributed by atoms with E-state index in [9.17, 15) is 18.3 Å². The van der Waals surface area contributed by atoms with Gasteiger partial charge in [0.2, 0.25) is 0 Å². The van der Waals surface area contributed by atoms with Crippen LogP contribution < -0.4 is 5.32 Å². The van der Waals surface area contributed by atoms with E-state index in [-0.39, 0.29) is 22.2 Å². The number of nitrogens with zero attached hydrogens (tertiary/aromatic N) is 2. The highest BCUT2D eigenvalue weighted by Crippen LogP contribution is 2.30. The maximum absolute atomic E-state index is 12.8. The van der Waals surface area contributed by atoms with Crippen molar-refractivity contribution in [1.29, 1.82) is 0 Å². The minimum absolute atomic E-state index is 0.0117. The molecule has 154 valence electrons. The molecule has 1 saturated carbocycles. The number of urea groups is 1. The maximum atomic E-state index is 12.8. The number of nitrogens with one attached hydrogen (secondary N) is 1. The van der Waals surface area contributed by atoms with Gasteiger partial charge in [0.25, 0.3) is 0 Å². The van der Waals surface area contributed by atoms with Crippen molar-refractivity contribution in [1.82, 2.24) is 9.80 Å². The third-order valence-electron chi connectivity index (χ3n) is 6.31. The second kappa shape index (κ2) is 8.00. The van der Waals surface area contributed by atoms with Crippen molar-refractivity contribution < 1.29 is 18.3 Å². The number of aliphatic hydroxyl groups excluding tert-OH is 1. The first kappa shape index (κ1) is 19.7. The van der Waals surface area contributed by atoms with Crippen LogP contribution in [0.15, 0.2) is 29.2 Å². The molecule has 7 nitrogen and oxygen atoms in total. The third kappa shape index (κ3) is 3.90. The van der Waals surface area contributed by atoms with Crippen molar-refractivity contribution in [3.63, 3.8) is 0 Å². The molecule has 0 bridgehead atoms. The Morgan fingerprint density at radius 3 is 2.50 bits per heavy atom. The Balaban J connectivity index is 1.42. The predicted octanol–water partition coefficient (Wildman–Crippen LogP) is 2.08. The van der Waals surface area contributed by atoms with Crippen LogP contribution in [-0.4, -0.2) is 72.9 Å². The van der Waals surface area contributed by atoms with Crippen molar-refractivity contribution in [2.24, 2.45) is 0 Å². The van der Waals surface area contributed by atoms with Crippen LogP contribution in [0.25, 0.3) is 0 Å². The van der Waals surface area contributed by atoms with Crippen LogP contribution >= 0.6 is 0 Å². The molecule has 0 spiro atoms. The largest absolute Gasteiger partial charge is 0.390 e. The molecule has 0 aromatic heterocycles. The van der Waals surface area contributed by atoms with Gasteiger partial charge in [0, 0.05) is 12.2 Å². The molecule has 3 aliphatic rings. The Labute approximate surface area is 166 Å². The molecule has 3 fully saturated rings. The van der Waals surface area contributed by atoms with Gasteiger partial charge in [-0.25, -0.2) is 13.2 Å². The molecule has 8 heteroatoms. The monoisotopic (exact) mass is 407 g/mol. The Kier molecular flexibility index (Phi) is 5.62. The standard InChI is InChI=1S/C20H29N3O4S/c24-19-14-23(13-18(19)22-10-3-4-11-22)20(25)21-15-6-5-9-17(12-15)28(26,27)16-7-1-2-8-16/h5-6,9,12,16,18-19,24H,1-4,7-8,10-11,13-14H2,(H,21,25)/t18-,19+/m0/s1. The minimum atomic E-state index is -3.36. The summed E-state index contributed by atoms with van der Waals surface area (Å²) in [6.45, 7) is 2.73. The maximum Gasteiger partial charge on any atom is 0.321 e. The van der Waals surface area contributed by atoms with E-state index in [1.807, 2.05) is 0 Å². The molecule has 4 rings (SSSR count). The van der Waals surface area contributed by atoms with Gasteiger partial charge < -0.3 is 15.3 Å². The van der Waals surface area contributed by atoms with Crippen molar-refractivity contribution in [2.45, 2.75) is 60.8 Å². The molecule has 2 heterocycles. The van der Waals surface area contributed by atoms with Gasteiger partial charge in [0.15, 0.2) is 9.84 Å². The highest BCUT2D eigenvalue weighted by Gasteiger charge is 2.38. The van der Waals surface area contributed by atoms with Crippen molar-refractivity contribution in [2.75, 3.05) is 31.5 Å². The summed E-state index contributed by atoms with van der Waals surface area (Å²) in [5, 5.41) is 12.9. The number of rotatable bonds is 4. The number of carbonyl (C=O) groups excluding carboxylic acids is 1. The zero-order valence-electron chi connectivity index (χ0n) is 16.1. The van der Waals surface area contributed by atoms with Crippen LogP contribution in [0.5, 0.6) is 0 Å². The first-order valence-corrected chi connectivity index (χ1v) is 11.8. The molecule has 0 radical (unpaired) electrons. The number of likely N-dealkylation sites (tertiary alicyclic amines) is 2. The van der Waals surface area contributed by atoms with Crippen LogP contribution in [0.4, 0.5) is 10.5 Å². The number of benzene rings is 1. The van der Waals surface area contributed by atoms with Crippen LogP contribution in [-0.2, 0) is 9.84 Å². The molecule has 28 heavy (non-hydrogen) atoms. The van der Waals surface area contributed by atoms with Crippen molar-refractivity contribution in [3.8, 4) is 0 Å². The lowest BCUT2D eigenvalue weighted by Crippen LogP contribution is -2.41. The molecule has 2 saturated heterocycles. The Morgan fingerprint density at radius 1 is 1.07 bits per heavy atom. The van der Waals surface area contributed by atoms with Crippen LogP contribution in [0.2, 0.25) is 0 Å². The smallest absolute Gasteiger partial charge is 0.321 e. The summed E-state index contributed by atoms with van der Waals surface area (Å²) in [4.78, 5) is 16.8. The normalized spacial score (nSPS) is 26.8. The summed E-state index contributed by atoms with van der Waals surface area (Å²) in [6, 6.07) is 6.22. The van der Waals surface area contributed by atoms with Gasteiger partial charge in [-0.15, -0.1) is 0 Å². The van der Waals surface area contributed by atoms with Gasteiger partial charge in [-0.3, -0.25) is 4.90 Å². The number of aliphatic hydroxyl groups is 1. The molecular weight excluding hydrogens is 378 g/mol.